The SMILES string of the molecule is Cc1cc(-c2cnn(C)c2C)cc(C)n1. The zero-order valence-electron chi connectivity index (χ0n) is 9.57. The van der Waals surface area contributed by atoms with Crippen molar-refractivity contribution in [2.24, 2.45) is 7.05 Å². The van der Waals surface area contributed by atoms with Crippen LogP contribution in [0.5, 0.6) is 0 Å². The Morgan fingerprint density at radius 1 is 1.07 bits per heavy atom. The number of hydrogen-bond donors (Lipinski definition) is 0. The first-order chi connectivity index (χ1) is 7.08. The smallest absolute Gasteiger partial charge is 0.0571 e. The van der Waals surface area contributed by atoms with E-state index in [0.29, 0.717) is 0 Å². The summed E-state index contributed by atoms with van der Waals surface area (Å²) in [6, 6.07) is 4.19. The summed E-state index contributed by atoms with van der Waals surface area (Å²) in [5, 5.41) is 4.25. The van der Waals surface area contributed by atoms with E-state index in [0.717, 1.165) is 11.4 Å². The van der Waals surface area contributed by atoms with Crippen molar-refractivity contribution in [3.05, 3.63) is 35.4 Å². The van der Waals surface area contributed by atoms with Gasteiger partial charge in [-0.05, 0) is 38.5 Å². The number of nitrogens with zero attached hydrogens (tertiary/aromatic N) is 3. The highest BCUT2D eigenvalue weighted by atomic mass is 15.3. The second kappa shape index (κ2) is 3.50. The molecule has 0 bridgehead atoms. The van der Waals surface area contributed by atoms with Crippen LogP contribution in [0.3, 0.4) is 0 Å². The number of pyridine rings is 1. The molecule has 0 fully saturated rings. The molecule has 0 N–H and O–H groups in total. The van der Waals surface area contributed by atoms with Gasteiger partial charge in [0.1, 0.15) is 0 Å². The molecule has 0 aliphatic heterocycles. The fraction of sp³-hybridized carbons (Fsp3) is 0.333. The van der Waals surface area contributed by atoms with E-state index in [9.17, 15) is 0 Å². The maximum Gasteiger partial charge on any atom is 0.0571 e. The summed E-state index contributed by atoms with van der Waals surface area (Å²) in [7, 11) is 1.96. The molecule has 3 nitrogen and oxygen atoms in total. The predicted octanol–water partition coefficient (Wildman–Crippen LogP) is 2.41. The molecule has 78 valence electrons. The first-order valence-electron chi connectivity index (χ1n) is 5.02. The van der Waals surface area contributed by atoms with E-state index in [2.05, 4.69) is 29.1 Å². The molecule has 0 atom stereocenters. The van der Waals surface area contributed by atoms with Crippen molar-refractivity contribution in [3.63, 3.8) is 0 Å². The minimum atomic E-state index is 1.05. The normalized spacial score (nSPS) is 10.7. The first-order valence-corrected chi connectivity index (χ1v) is 5.02. The Balaban J connectivity index is 2.58. The molecule has 0 amide bonds. The van der Waals surface area contributed by atoms with Crippen molar-refractivity contribution in [2.45, 2.75) is 20.8 Å². The van der Waals surface area contributed by atoms with Gasteiger partial charge in [0.05, 0.1) is 6.20 Å². The van der Waals surface area contributed by atoms with Crippen molar-refractivity contribution < 1.29 is 0 Å². The average Bonchev–Trinajstić information content (AvgIpc) is 2.46. The molecule has 0 radical (unpaired) electrons. The van der Waals surface area contributed by atoms with Crippen LogP contribution in [0.15, 0.2) is 18.3 Å². The van der Waals surface area contributed by atoms with Crippen molar-refractivity contribution in [1.82, 2.24) is 14.8 Å². The third kappa shape index (κ3) is 1.77. The maximum atomic E-state index is 4.37. The van der Waals surface area contributed by atoms with E-state index in [1.54, 1.807) is 0 Å². The largest absolute Gasteiger partial charge is 0.272 e. The Morgan fingerprint density at radius 2 is 1.67 bits per heavy atom. The van der Waals surface area contributed by atoms with Crippen LogP contribution >= 0.6 is 0 Å². The zero-order valence-corrected chi connectivity index (χ0v) is 9.57. The summed E-state index contributed by atoms with van der Waals surface area (Å²) in [6.45, 7) is 6.11. The molecular weight excluding hydrogens is 186 g/mol. The second-order valence-corrected chi connectivity index (χ2v) is 3.91. The monoisotopic (exact) mass is 201 g/mol. The third-order valence-corrected chi connectivity index (χ3v) is 2.63. The number of hydrogen-bond acceptors (Lipinski definition) is 2. The van der Waals surface area contributed by atoms with Crippen LogP contribution in [0.1, 0.15) is 17.1 Å². The molecule has 0 spiro atoms. The molecule has 2 rings (SSSR count). The molecule has 0 saturated heterocycles. The maximum absolute atomic E-state index is 4.37. The number of rotatable bonds is 1. The van der Waals surface area contributed by atoms with Crippen molar-refractivity contribution in [3.8, 4) is 11.1 Å². The van der Waals surface area contributed by atoms with Gasteiger partial charge in [-0.1, -0.05) is 0 Å². The van der Waals surface area contributed by atoms with E-state index in [4.69, 9.17) is 0 Å². The molecule has 0 aromatic carbocycles. The van der Waals surface area contributed by atoms with E-state index in [-0.39, 0.29) is 0 Å². The Morgan fingerprint density at radius 3 is 2.13 bits per heavy atom. The second-order valence-electron chi connectivity index (χ2n) is 3.91. The number of aromatic nitrogens is 3. The predicted molar refractivity (Wildman–Crippen MR) is 60.7 cm³/mol. The fourth-order valence-electron chi connectivity index (χ4n) is 1.77. The Bertz CT molecular complexity index is 477. The fourth-order valence-corrected chi connectivity index (χ4v) is 1.77. The lowest BCUT2D eigenvalue weighted by Gasteiger charge is -2.03. The van der Waals surface area contributed by atoms with Gasteiger partial charge < -0.3 is 0 Å². The summed E-state index contributed by atoms with van der Waals surface area (Å²) < 4.78 is 1.89. The molecule has 2 aromatic rings. The average molecular weight is 201 g/mol. The standard InChI is InChI=1S/C12H15N3/c1-8-5-11(6-9(2)14-8)12-7-13-15(4)10(12)3/h5-7H,1-4H3. The van der Waals surface area contributed by atoms with Gasteiger partial charge in [-0.25, -0.2) is 0 Å². The topological polar surface area (TPSA) is 30.7 Å². The van der Waals surface area contributed by atoms with Gasteiger partial charge in [-0.3, -0.25) is 9.67 Å². The van der Waals surface area contributed by atoms with Crippen LogP contribution in [0.2, 0.25) is 0 Å². The van der Waals surface area contributed by atoms with Crippen LogP contribution in [0, 0.1) is 20.8 Å². The summed E-state index contributed by atoms with van der Waals surface area (Å²) in [6.07, 6.45) is 1.91. The van der Waals surface area contributed by atoms with Gasteiger partial charge >= 0.3 is 0 Å². The van der Waals surface area contributed by atoms with Gasteiger partial charge in [-0.15, -0.1) is 0 Å². The van der Waals surface area contributed by atoms with Crippen LogP contribution < -0.4 is 0 Å². The molecule has 0 aliphatic rings. The van der Waals surface area contributed by atoms with Crippen LogP contribution in [0.4, 0.5) is 0 Å². The third-order valence-electron chi connectivity index (χ3n) is 2.63. The lowest BCUT2D eigenvalue weighted by molar-refractivity contribution is 0.740. The van der Waals surface area contributed by atoms with Gasteiger partial charge in [0.2, 0.25) is 0 Å². The van der Waals surface area contributed by atoms with Crippen LogP contribution in [-0.4, -0.2) is 14.8 Å². The molecule has 0 saturated carbocycles. The van der Waals surface area contributed by atoms with Gasteiger partial charge in [0.25, 0.3) is 0 Å². The van der Waals surface area contributed by atoms with Crippen LogP contribution in [-0.2, 0) is 7.05 Å². The minimum Gasteiger partial charge on any atom is -0.272 e. The Kier molecular flexibility index (Phi) is 2.31. The lowest BCUT2D eigenvalue weighted by Crippen LogP contribution is -1.93. The Hall–Kier alpha value is -1.64. The summed E-state index contributed by atoms with van der Waals surface area (Å²) in [4.78, 5) is 4.37. The molecule has 2 heterocycles. The Labute approximate surface area is 89.8 Å². The number of aryl methyl sites for hydroxylation is 3. The summed E-state index contributed by atoms with van der Waals surface area (Å²) >= 11 is 0. The summed E-state index contributed by atoms with van der Waals surface area (Å²) in [5.41, 5.74) is 5.67. The molecule has 3 heteroatoms. The molecule has 2 aromatic heterocycles. The van der Waals surface area contributed by atoms with Crippen molar-refractivity contribution in [2.75, 3.05) is 0 Å². The molecule has 15 heavy (non-hydrogen) atoms. The van der Waals surface area contributed by atoms with Crippen molar-refractivity contribution in [1.29, 1.82) is 0 Å². The van der Waals surface area contributed by atoms with E-state index < -0.39 is 0 Å². The first kappa shape index (κ1) is 9.90. The van der Waals surface area contributed by atoms with Crippen LogP contribution in [0.25, 0.3) is 11.1 Å². The highest BCUT2D eigenvalue weighted by Crippen LogP contribution is 2.23. The van der Waals surface area contributed by atoms with Gasteiger partial charge in [-0.2, -0.15) is 5.10 Å². The quantitative estimate of drug-likeness (QED) is 0.709. The minimum absolute atomic E-state index is 1.05. The lowest BCUT2D eigenvalue weighted by atomic mass is 10.1. The zero-order chi connectivity index (χ0) is 11.0. The van der Waals surface area contributed by atoms with Crippen molar-refractivity contribution >= 4 is 0 Å². The van der Waals surface area contributed by atoms with Gasteiger partial charge in [0.15, 0.2) is 0 Å². The highest BCUT2D eigenvalue weighted by molar-refractivity contribution is 5.65. The van der Waals surface area contributed by atoms with E-state index in [1.165, 1.54) is 16.8 Å². The molecular formula is C12H15N3. The van der Waals surface area contributed by atoms with Gasteiger partial charge in [0, 0.05) is 29.7 Å². The molecule has 0 unspecified atom stereocenters. The van der Waals surface area contributed by atoms with E-state index >= 15 is 0 Å². The van der Waals surface area contributed by atoms with E-state index in [1.807, 2.05) is 31.8 Å². The summed E-state index contributed by atoms with van der Waals surface area (Å²) in [5.74, 6) is 0. The molecule has 0 aliphatic carbocycles. The highest BCUT2D eigenvalue weighted by Gasteiger charge is 2.07.